The van der Waals surface area contributed by atoms with E-state index in [2.05, 4.69) is 31.9 Å². The summed E-state index contributed by atoms with van der Waals surface area (Å²) in [5.74, 6) is -0.420. The zero-order valence-electron chi connectivity index (χ0n) is 9.05. The van der Waals surface area contributed by atoms with Crippen molar-refractivity contribution in [3.63, 3.8) is 0 Å². The minimum absolute atomic E-state index is 0.149. The molecule has 0 bridgehead atoms. The van der Waals surface area contributed by atoms with E-state index in [0.717, 1.165) is 6.42 Å². The second-order valence-electron chi connectivity index (χ2n) is 3.72. The fraction of sp³-hybridized carbons (Fsp3) is 0.455. The Bertz CT molecular complexity index is 361. The van der Waals surface area contributed by atoms with Gasteiger partial charge in [0.15, 0.2) is 0 Å². The van der Waals surface area contributed by atoms with E-state index in [-0.39, 0.29) is 11.8 Å². The molecule has 3 nitrogen and oxygen atoms in total. The topological polar surface area (TPSA) is 43.4 Å². The van der Waals surface area contributed by atoms with Crippen molar-refractivity contribution in [1.29, 1.82) is 0 Å². The maximum atomic E-state index is 11.5. The molecule has 0 N–H and O–H groups in total. The van der Waals surface area contributed by atoms with E-state index in [1.54, 1.807) is 19.1 Å². The number of hydrogen-bond acceptors (Lipinski definition) is 3. The van der Waals surface area contributed by atoms with Gasteiger partial charge in [-0.05, 0) is 57.4 Å². The maximum absolute atomic E-state index is 11.5. The molecule has 0 heterocycles. The van der Waals surface area contributed by atoms with Gasteiger partial charge < -0.3 is 4.74 Å². The van der Waals surface area contributed by atoms with Crippen LogP contribution in [0.4, 0.5) is 0 Å². The zero-order chi connectivity index (χ0) is 12.3. The molecule has 88 valence electrons. The second-order valence-corrected chi connectivity index (χ2v) is 5.43. The Morgan fingerprint density at radius 3 is 2.31 bits per heavy atom. The van der Waals surface area contributed by atoms with E-state index in [1.807, 2.05) is 6.92 Å². The lowest BCUT2D eigenvalue weighted by Gasteiger charge is -2.26. The van der Waals surface area contributed by atoms with Gasteiger partial charge in [0.05, 0.1) is 8.96 Å². The molecule has 0 radical (unpaired) electrons. The van der Waals surface area contributed by atoms with E-state index >= 15 is 0 Å². The van der Waals surface area contributed by atoms with Crippen LogP contribution in [0.15, 0.2) is 21.1 Å². The molecule has 0 atom stereocenters. The summed E-state index contributed by atoms with van der Waals surface area (Å²) >= 11 is 6.30. The molecule has 0 spiro atoms. The van der Waals surface area contributed by atoms with Crippen LogP contribution in [0.1, 0.15) is 26.7 Å². The number of Topliss-reactive ketones (excluding diaryl/α,β-unsaturated/α-hetero) is 1. The molecular weight excluding hydrogens is 340 g/mol. The number of ether oxygens (including phenoxy) is 1. The average molecular weight is 352 g/mol. The monoisotopic (exact) mass is 350 g/mol. The lowest BCUT2D eigenvalue weighted by Crippen LogP contribution is -2.31. The third kappa shape index (κ3) is 3.28. The van der Waals surface area contributed by atoms with Crippen LogP contribution in [0.5, 0.6) is 0 Å². The van der Waals surface area contributed by atoms with Gasteiger partial charge in [-0.15, -0.1) is 0 Å². The van der Waals surface area contributed by atoms with Crippen molar-refractivity contribution in [1.82, 2.24) is 0 Å². The SMILES string of the molecule is CCCC(=O)OC1(C)C=C(Br)C(=O)C(Br)=C1. The Balaban J connectivity index is 2.86. The van der Waals surface area contributed by atoms with Crippen LogP contribution >= 0.6 is 31.9 Å². The van der Waals surface area contributed by atoms with Crippen molar-refractivity contribution in [3.8, 4) is 0 Å². The largest absolute Gasteiger partial charge is 0.451 e. The van der Waals surface area contributed by atoms with Crippen LogP contribution in [-0.2, 0) is 14.3 Å². The van der Waals surface area contributed by atoms with Gasteiger partial charge in [-0.1, -0.05) is 6.92 Å². The molecule has 0 aliphatic heterocycles. The van der Waals surface area contributed by atoms with Crippen LogP contribution in [0, 0.1) is 0 Å². The first kappa shape index (κ1) is 13.6. The molecule has 5 heteroatoms. The summed E-state index contributed by atoms with van der Waals surface area (Å²) in [5.41, 5.74) is -0.863. The Hall–Kier alpha value is -0.420. The highest BCUT2D eigenvalue weighted by molar-refractivity contribution is 9.13. The summed E-state index contributed by atoms with van der Waals surface area (Å²) in [4.78, 5) is 22.9. The van der Waals surface area contributed by atoms with Crippen LogP contribution in [0.3, 0.4) is 0 Å². The Morgan fingerprint density at radius 2 is 1.88 bits per heavy atom. The van der Waals surface area contributed by atoms with Crippen LogP contribution in [0.2, 0.25) is 0 Å². The van der Waals surface area contributed by atoms with Crippen molar-refractivity contribution in [2.24, 2.45) is 0 Å². The van der Waals surface area contributed by atoms with Crippen molar-refractivity contribution >= 4 is 43.6 Å². The average Bonchev–Trinajstić information content (AvgIpc) is 2.13. The maximum Gasteiger partial charge on any atom is 0.306 e. The molecule has 16 heavy (non-hydrogen) atoms. The minimum atomic E-state index is -0.863. The fourth-order valence-electron chi connectivity index (χ4n) is 1.35. The fourth-order valence-corrected chi connectivity index (χ4v) is 2.95. The lowest BCUT2D eigenvalue weighted by molar-refractivity contribution is -0.150. The standard InChI is InChI=1S/C11H12Br2O3/c1-3-4-9(14)16-11(2)5-7(12)10(15)8(13)6-11/h5-6H,3-4H2,1-2H3. The number of hydrogen-bond donors (Lipinski definition) is 0. The van der Waals surface area contributed by atoms with E-state index in [9.17, 15) is 9.59 Å². The first-order valence-corrected chi connectivity index (χ1v) is 6.50. The van der Waals surface area contributed by atoms with Gasteiger partial charge in [-0.3, -0.25) is 9.59 Å². The van der Waals surface area contributed by atoms with Crippen LogP contribution in [-0.4, -0.2) is 17.4 Å². The summed E-state index contributed by atoms with van der Waals surface area (Å²) in [6, 6.07) is 0. The number of allylic oxidation sites excluding steroid dienone is 2. The Kier molecular flexibility index (Phi) is 4.50. The summed E-state index contributed by atoms with van der Waals surface area (Å²) in [6.07, 6.45) is 4.30. The van der Waals surface area contributed by atoms with Gasteiger partial charge in [0.25, 0.3) is 0 Å². The molecule has 0 aromatic rings. The van der Waals surface area contributed by atoms with E-state index in [0.29, 0.717) is 15.4 Å². The van der Waals surface area contributed by atoms with Gasteiger partial charge in [0.2, 0.25) is 5.78 Å². The Labute approximate surface area is 111 Å². The van der Waals surface area contributed by atoms with Crippen LogP contribution < -0.4 is 0 Å². The first-order valence-electron chi connectivity index (χ1n) is 4.91. The zero-order valence-corrected chi connectivity index (χ0v) is 12.2. The van der Waals surface area contributed by atoms with Crippen molar-refractivity contribution in [2.45, 2.75) is 32.3 Å². The molecule has 0 saturated carbocycles. The van der Waals surface area contributed by atoms with Gasteiger partial charge in [-0.2, -0.15) is 0 Å². The summed E-state index contributed by atoms with van der Waals surface area (Å²) < 4.78 is 6.10. The molecule has 0 saturated heterocycles. The van der Waals surface area contributed by atoms with Gasteiger partial charge >= 0.3 is 5.97 Å². The third-order valence-corrected chi connectivity index (χ3v) is 3.23. The smallest absolute Gasteiger partial charge is 0.306 e. The second kappa shape index (κ2) is 5.27. The summed E-state index contributed by atoms with van der Waals surface area (Å²) in [5, 5.41) is 0. The molecule has 0 amide bonds. The first-order chi connectivity index (χ1) is 7.38. The molecule has 0 unspecified atom stereocenters. The molecule has 1 aliphatic carbocycles. The molecular formula is C11H12Br2O3. The molecule has 0 aromatic heterocycles. The van der Waals surface area contributed by atoms with E-state index < -0.39 is 5.60 Å². The lowest BCUT2D eigenvalue weighted by atomic mass is 9.99. The predicted molar refractivity (Wildman–Crippen MR) is 68.4 cm³/mol. The van der Waals surface area contributed by atoms with Gasteiger partial charge in [-0.25, -0.2) is 0 Å². The summed E-state index contributed by atoms with van der Waals surface area (Å²) in [7, 11) is 0. The number of ketones is 1. The quantitative estimate of drug-likeness (QED) is 0.733. The van der Waals surface area contributed by atoms with Crippen molar-refractivity contribution in [2.75, 3.05) is 0 Å². The van der Waals surface area contributed by atoms with Crippen molar-refractivity contribution < 1.29 is 14.3 Å². The van der Waals surface area contributed by atoms with Crippen molar-refractivity contribution in [3.05, 3.63) is 21.1 Å². The predicted octanol–water partition coefficient (Wildman–Crippen LogP) is 3.23. The summed E-state index contributed by atoms with van der Waals surface area (Å²) in [6.45, 7) is 3.64. The van der Waals surface area contributed by atoms with Gasteiger partial charge in [0.1, 0.15) is 5.60 Å². The minimum Gasteiger partial charge on any atom is -0.451 e. The van der Waals surface area contributed by atoms with E-state index in [1.165, 1.54) is 0 Å². The number of carbonyl (C=O) groups excluding carboxylic acids is 2. The van der Waals surface area contributed by atoms with E-state index in [4.69, 9.17) is 4.74 Å². The number of carbonyl (C=O) groups is 2. The number of esters is 1. The third-order valence-electron chi connectivity index (χ3n) is 2.05. The highest BCUT2D eigenvalue weighted by Gasteiger charge is 2.31. The number of halogens is 2. The van der Waals surface area contributed by atoms with Gasteiger partial charge in [0, 0.05) is 6.42 Å². The Morgan fingerprint density at radius 1 is 1.38 bits per heavy atom. The highest BCUT2D eigenvalue weighted by Crippen LogP contribution is 2.31. The van der Waals surface area contributed by atoms with Crippen LogP contribution in [0.25, 0.3) is 0 Å². The number of rotatable bonds is 3. The highest BCUT2D eigenvalue weighted by atomic mass is 79.9. The molecule has 1 rings (SSSR count). The molecule has 0 aromatic carbocycles. The molecule has 0 fully saturated rings. The normalized spacial score (nSPS) is 18.9. The molecule has 1 aliphatic rings.